The second-order valence-corrected chi connectivity index (χ2v) is 5.08. The van der Waals surface area contributed by atoms with Gasteiger partial charge in [0, 0.05) is 0 Å². The summed E-state index contributed by atoms with van der Waals surface area (Å²) in [7, 11) is 0. The molecular formula is C13H16ClNO2. The highest BCUT2D eigenvalue weighted by Crippen LogP contribution is 2.31. The Labute approximate surface area is 106 Å². The number of aryl methyl sites for hydroxylation is 1. The van der Waals surface area contributed by atoms with E-state index < -0.39 is 5.60 Å². The van der Waals surface area contributed by atoms with Gasteiger partial charge in [-0.1, -0.05) is 17.7 Å². The molecule has 1 aromatic rings. The Bertz CT molecular complexity index is 439. The van der Waals surface area contributed by atoms with Crippen molar-refractivity contribution in [3.05, 3.63) is 28.8 Å². The maximum atomic E-state index is 12.0. The highest BCUT2D eigenvalue weighted by Gasteiger charge is 2.38. The van der Waals surface area contributed by atoms with Crippen LogP contribution in [0.25, 0.3) is 0 Å². The number of halogens is 1. The Balaban J connectivity index is 2.13. The van der Waals surface area contributed by atoms with Gasteiger partial charge in [-0.2, -0.15) is 0 Å². The van der Waals surface area contributed by atoms with E-state index in [1.807, 2.05) is 13.0 Å². The summed E-state index contributed by atoms with van der Waals surface area (Å²) in [5, 5.41) is 13.3. The minimum absolute atomic E-state index is 0.347. The highest BCUT2D eigenvalue weighted by molar-refractivity contribution is 6.33. The first-order valence-electron chi connectivity index (χ1n) is 5.81. The van der Waals surface area contributed by atoms with Gasteiger partial charge in [-0.05, 0) is 50.3 Å². The van der Waals surface area contributed by atoms with E-state index in [4.69, 9.17) is 11.6 Å². The van der Waals surface area contributed by atoms with E-state index in [0.29, 0.717) is 23.6 Å². The molecule has 0 bridgehead atoms. The van der Waals surface area contributed by atoms with Crippen LogP contribution < -0.4 is 5.32 Å². The number of rotatable bonds is 2. The second-order valence-electron chi connectivity index (χ2n) is 4.68. The Morgan fingerprint density at radius 1 is 1.41 bits per heavy atom. The third-order valence-corrected chi connectivity index (χ3v) is 3.54. The minimum Gasteiger partial charge on any atom is -0.380 e. The maximum absolute atomic E-state index is 12.0. The molecule has 92 valence electrons. The average Bonchev–Trinajstić information content (AvgIpc) is 2.71. The van der Waals surface area contributed by atoms with E-state index in [2.05, 4.69) is 5.32 Å². The van der Waals surface area contributed by atoms with Crippen LogP contribution in [0.4, 0.5) is 5.69 Å². The second kappa shape index (κ2) is 4.67. The molecule has 0 aliphatic heterocycles. The molecular weight excluding hydrogens is 238 g/mol. The highest BCUT2D eigenvalue weighted by atomic mass is 35.5. The molecule has 17 heavy (non-hydrogen) atoms. The zero-order chi connectivity index (χ0) is 12.5. The van der Waals surface area contributed by atoms with Gasteiger partial charge in [0.05, 0.1) is 10.7 Å². The average molecular weight is 254 g/mol. The number of benzene rings is 1. The summed E-state index contributed by atoms with van der Waals surface area (Å²) in [6, 6.07) is 5.42. The van der Waals surface area contributed by atoms with Crippen molar-refractivity contribution in [2.45, 2.75) is 38.2 Å². The van der Waals surface area contributed by atoms with E-state index in [1.54, 1.807) is 12.1 Å². The summed E-state index contributed by atoms with van der Waals surface area (Å²) >= 11 is 6.03. The fourth-order valence-electron chi connectivity index (χ4n) is 2.15. The third kappa shape index (κ3) is 2.61. The SMILES string of the molecule is Cc1ccc(NC(=O)C2(O)CCCC2)c(Cl)c1. The molecule has 4 heteroatoms. The molecule has 1 aliphatic carbocycles. The molecule has 3 nitrogen and oxygen atoms in total. The van der Waals surface area contributed by atoms with E-state index in [0.717, 1.165) is 18.4 Å². The van der Waals surface area contributed by atoms with Crippen LogP contribution in [-0.4, -0.2) is 16.6 Å². The normalized spacial score (nSPS) is 18.1. The van der Waals surface area contributed by atoms with E-state index in [-0.39, 0.29) is 5.91 Å². The van der Waals surface area contributed by atoms with Crippen molar-refractivity contribution in [1.29, 1.82) is 0 Å². The number of carbonyl (C=O) groups is 1. The number of anilines is 1. The lowest BCUT2D eigenvalue weighted by Crippen LogP contribution is -2.40. The number of amides is 1. The molecule has 1 saturated carbocycles. The first-order valence-corrected chi connectivity index (χ1v) is 6.19. The van der Waals surface area contributed by atoms with Gasteiger partial charge in [0.25, 0.3) is 5.91 Å². The van der Waals surface area contributed by atoms with Gasteiger partial charge in [-0.25, -0.2) is 0 Å². The number of nitrogens with one attached hydrogen (secondary N) is 1. The largest absolute Gasteiger partial charge is 0.380 e. The molecule has 1 fully saturated rings. The molecule has 0 saturated heterocycles. The van der Waals surface area contributed by atoms with Crippen LogP contribution in [0, 0.1) is 6.92 Å². The van der Waals surface area contributed by atoms with E-state index in [1.165, 1.54) is 0 Å². The number of hydrogen-bond acceptors (Lipinski definition) is 2. The first-order chi connectivity index (χ1) is 8.01. The Hall–Kier alpha value is -1.06. The number of hydrogen-bond donors (Lipinski definition) is 2. The molecule has 1 aliphatic rings. The van der Waals surface area contributed by atoms with Crippen LogP contribution in [0.1, 0.15) is 31.2 Å². The van der Waals surface area contributed by atoms with E-state index in [9.17, 15) is 9.90 Å². The molecule has 0 atom stereocenters. The Morgan fingerprint density at radius 2 is 2.06 bits per heavy atom. The molecule has 0 heterocycles. The Morgan fingerprint density at radius 3 is 2.65 bits per heavy atom. The molecule has 0 unspecified atom stereocenters. The fourth-order valence-corrected chi connectivity index (χ4v) is 2.43. The predicted octanol–water partition coefficient (Wildman–Crippen LogP) is 2.89. The van der Waals surface area contributed by atoms with Crippen LogP contribution in [-0.2, 0) is 4.79 Å². The molecule has 1 aromatic carbocycles. The van der Waals surface area contributed by atoms with E-state index >= 15 is 0 Å². The van der Waals surface area contributed by atoms with Crippen molar-refractivity contribution >= 4 is 23.2 Å². The molecule has 1 amide bonds. The van der Waals surface area contributed by atoms with Gasteiger partial charge in [-0.3, -0.25) is 4.79 Å². The van der Waals surface area contributed by atoms with Crippen molar-refractivity contribution in [2.24, 2.45) is 0 Å². The predicted molar refractivity (Wildman–Crippen MR) is 68.2 cm³/mol. The first kappa shape index (κ1) is 12.4. The standard InChI is InChI=1S/C13H16ClNO2/c1-9-4-5-11(10(14)8-9)15-12(16)13(17)6-2-3-7-13/h4-5,8,17H,2-3,6-7H2,1H3,(H,15,16). The monoisotopic (exact) mass is 253 g/mol. The topological polar surface area (TPSA) is 49.3 Å². The lowest BCUT2D eigenvalue weighted by molar-refractivity contribution is -0.133. The van der Waals surface area contributed by atoms with Crippen LogP contribution in [0.15, 0.2) is 18.2 Å². The smallest absolute Gasteiger partial charge is 0.256 e. The van der Waals surface area contributed by atoms with Crippen molar-refractivity contribution in [3.8, 4) is 0 Å². The van der Waals surface area contributed by atoms with Crippen LogP contribution >= 0.6 is 11.6 Å². The molecule has 0 aromatic heterocycles. The maximum Gasteiger partial charge on any atom is 0.256 e. The lowest BCUT2D eigenvalue weighted by atomic mass is 10.0. The van der Waals surface area contributed by atoms with Gasteiger partial charge in [0.15, 0.2) is 0 Å². The summed E-state index contributed by atoms with van der Waals surface area (Å²) in [4.78, 5) is 12.0. The van der Waals surface area contributed by atoms with Gasteiger partial charge in [0.1, 0.15) is 5.60 Å². The van der Waals surface area contributed by atoms with Crippen molar-refractivity contribution < 1.29 is 9.90 Å². The summed E-state index contributed by atoms with van der Waals surface area (Å²) in [5.74, 6) is -0.347. The fraction of sp³-hybridized carbons (Fsp3) is 0.462. The molecule has 0 radical (unpaired) electrons. The van der Waals surface area contributed by atoms with Gasteiger partial charge >= 0.3 is 0 Å². The molecule has 2 rings (SSSR count). The van der Waals surface area contributed by atoms with Gasteiger partial charge in [0.2, 0.25) is 0 Å². The summed E-state index contributed by atoms with van der Waals surface area (Å²) in [6.07, 6.45) is 2.85. The molecule has 2 N–H and O–H groups in total. The Kier molecular flexibility index (Phi) is 3.40. The van der Waals surface area contributed by atoms with Crippen LogP contribution in [0.2, 0.25) is 5.02 Å². The third-order valence-electron chi connectivity index (χ3n) is 3.23. The minimum atomic E-state index is -1.21. The van der Waals surface area contributed by atoms with Crippen molar-refractivity contribution in [1.82, 2.24) is 0 Å². The summed E-state index contributed by atoms with van der Waals surface area (Å²) in [5.41, 5.74) is 0.379. The van der Waals surface area contributed by atoms with Gasteiger partial charge in [-0.15, -0.1) is 0 Å². The summed E-state index contributed by atoms with van der Waals surface area (Å²) in [6.45, 7) is 1.93. The number of aliphatic hydroxyl groups is 1. The van der Waals surface area contributed by atoms with Crippen molar-refractivity contribution in [3.63, 3.8) is 0 Å². The van der Waals surface area contributed by atoms with Gasteiger partial charge < -0.3 is 10.4 Å². The van der Waals surface area contributed by atoms with Crippen molar-refractivity contribution in [2.75, 3.05) is 5.32 Å². The van der Waals surface area contributed by atoms with Crippen LogP contribution in [0.3, 0.4) is 0 Å². The van der Waals surface area contributed by atoms with Crippen LogP contribution in [0.5, 0.6) is 0 Å². The quantitative estimate of drug-likeness (QED) is 0.852. The zero-order valence-corrected chi connectivity index (χ0v) is 10.5. The zero-order valence-electron chi connectivity index (χ0n) is 9.79. The summed E-state index contributed by atoms with van der Waals surface area (Å²) < 4.78 is 0. The lowest BCUT2D eigenvalue weighted by Gasteiger charge is -2.21. The number of carbonyl (C=O) groups excluding carboxylic acids is 1. The molecule has 0 spiro atoms.